The number of para-hydroxylation sites is 1. The lowest BCUT2D eigenvalue weighted by atomic mass is 10.2. The Kier molecular flexibility index (Phi) is 5.39. The molecule has 1 amide bonds. The molecule has 0 spiro atoms. The first-order chi connectivity index (χ1) is 15.9. The molecule has 8 nitrogen and oxygen atoms in total. The molecule has 1 aliphatic heterocycles. The van der Waals surface area contributed by atoms with Crippen molar-refractivity contribution < 1.29 is 22.7 Å². The molecule has 1 aromatic heterocycles. The SMILES string of the molecule is CN(c1ccccc1)S(=O)(=O)c1ccc(C(=O)Nc2nc3cc4c(cc3s2)OCCO4)cc1. The predicted molar refractivity (Wildman–Crippen MR) is 127 cm³/mol. The summed E-state index contributed by atoms with van der Waals surface area (Å²) in [7, 11) is -2.26. The molecule has 0 saturated heterocycles. The van der Waals surface area contributed by atoms with Crippen LogP contribution in [-0.4, -0.2) is 39.6 Å². The smallest absolute Gasteiger partial charge is 0.264 e. The number of benzene rings is 3. The summed E-state index contributed by atoms with van der Waals surface area (Å²) in [5, 5.41) is 3.20. The van der Waals surface area contributed by atoms with Crippen LogP contribution in [0.15, 0.2) is 71.6 Å². The summed E-state index contributed by atoms with van der Waals surface area (Å²) in [6.45, 7) is 0.979. The van der Waals surface area contributed by atoms with E-state index in [1.807, 2.05) is 12.1 Å². The van der Waals surface area contributed by atoms with Crippen LogP contribution in [0.25, 0.3) is 10.2 Å². The Balaban J connectivity index is 1.33. The number of fused-ring (bicyclic) bond motifs is 2. The molecular weight excluding hydrogens is 462 g/mol. The monoisotopic (exact) mass is 481 g/mol. The maximum absolute atomic E-state index is 12.9. The second-order valence-electron chi connectivity index (χ2n) is 7.27. The van der Waals surface area contributed by atoms with Crippen LogP contribution in [0.3, 0.4) is 0 Å². The van der Waals surface area contributed by atoms with Crippen molar-refractivity contribution >= 4 is 48.3 Å². The number of carbonyl (C=O) groups excluding carboxylic acids is 1. The third-order valence-electron chi connectivity index (χ3n) is 5.17. The van der Waals surface area contributed by atoms with Gasteiger partial charge in [-0.1, -0.05) is 29.5 Å². The third kappa shape index (κ3) is 4.10. The fourth-order valence-electron chi connectivity index (χ4n) is 3.40. The highest BCUT2D eigenvalue weighted by Crippen LogP contribution is 2.38. The van der Waals surface area contributed by atoms with Crippen LogP contribution in [0.5, 0.6) is 11.5 Å². The average molecular weight is 482 g/mol. The van der Waals surface area contributed by atoms with E-state index in [1.54, 1.807) is 30.3 Å². The standard InChI is InChI=1S/C23H19N3O5S2/c1-26(16-5-3-2-4-6-16)33(28,29)17-9-7-15(8-10-17)22(27)25-23-24-18-13-19-20(14-21(18)32-23)31-12-11-30-19/h2-10,13-14H,11-12H2,1H3,(H,24,25,27). The molecule has 1 aliphatic rings. The van der Waals surface area contributed by atoms with E-state index in [-0.39, 0.29) is 10.8 Å². The normalized spacial score (nSPS) is 13.0. The molecule has 5 rings (SSSR count). The molecule has 0 bridgehead atoms. The van der Waals surface area contributed by atoms with Crippen molar-refractivity contribution in [2.45, 2.75) is 4.90 Å². The molecule has 0 unspecified atom stereocenters. The third-order valence-corrected chi connectivity index (χ3v) is 7.90. The molecule has 33 heavy (non-hydrogen) atoms. The van der Waals surface area contributed by atoms with Gasteiger partial charge in [0, 0.05) is 24.7 Å². The van der Waals surface area contributed by atoms with Gasteiger partial charge in [-0.2, -0.15) is 0 Å². The van der Waals surface area contributed by atoms with E-state index < -0.39 is 10.0 Å². The first kappa shape index (κ1) is 21.2. The summed E-state index contributed by atoms with van der Waals surface area (Å²) in [5.74, 6) is 0.911. The second-order valence-corrected chi connectivity index (χ2v) is 10.3. The average Bonchev–Trinajstić information content (AvgIpc) is 3.23. The van der Waals surface area contributed by atoms with Crippen LogP contribution in [0.4, 0.5) is 10.8 Å². The molecular formula is C23H19N3O5S2. The number of ether oxygens (including phenoxy) is 2. The van der Waals surface area contributed by atoms with Gasteiger partial charge >= 0.3 is 0 Å². The highest BCUT2D eigenvalue weighted by molar-refractivity contribution is 7.92. The molecule has 3 aromatic carbocycles. The highest BCUT2D eigenvalue weighted by Gasteiger charge is 2.22. The number of hydrogen-bond donors (Lipinski definition) is 1. The molecule has 0 fully saturated rings. The minimum atomic E-state index is -3.75. The lowest BCUT2D eigenvalue weighted by Crippen LogP contribution is -2.26. The summed E-state index contributed by atoms with van der Waals surface area (Å²) >= 11 is 1.32. The topological polar surface area (TPSA) is 97.8 Å². The van der Waals surface area contributed by atoms with Crippen molar-refractivity contribution in [3.63, 3.8) is 0 Å². The summed E-state index contributed by atoms with van der Waals surface area (Å²) in [5.41, 5.74) is 1.57. The van der Waals surface area contributed by atoms with Gasteiger partial charge in [-0.05, 0) is 36.4 Å². The zero-order chi connectivity index (χ0) is 23.0. The van der Waals surface area contributed by atoms with E-state index in [9.17, 15) is 13.2 Å². The number of thiazole rings is 1. The van der Waals surface area contributed by atoms with Gasteiger partial charge in [0.25, 0.3) is 15.9 Å². The number of carbonyl (C=O) groups is 1. The van der Waals surface area contributed by atoms with Crippen molar-refractivity contribution in [3.05, 3.63) is 72.3 Å². The molecule has 0 radical (unpaired) electrons. The van der Waals surface area contributed by atoms with Crippen LogP contribution in [0.1, 0.15) is 10.4 Å². The Morgan fingerprint density at radius 3 is 2.36 bits per heavy atom. The lowest BCUT2D eigenvalue weighted by Gasteiger charge is -2.19. The Morgan fingerprint density at radius 2 is 1.67 bits per heavy atom. The minimum absolute atomic E-state index is 0.0935. The maximum Gasteiger partial charge on any atom is 0.264 e. The fourth-order valence-corrected chi connectivity index (χ4v) is 5.47. The largest absolute Gasteiger partial charge is 0.486 e. The van der Waals surface area contributed by atoms with Crippen molar-refractivity contribution in [3.8, 4) is 11.5 Å². The number of rotatable bonds is 5. The van der Waals surface area contributed by atoms with Gasteiger partial charge < -0.3 is 9.47 Å². The van der Waals surface area contributed by atoms with Crippen LogP contribution in [-0.2, 0) is 10.0 Å². The number of anilines is 2. The van der Waals surface area contributed by atoms with E-state index in [0.717, 1.165) is 4.70 Å². The number of nitrogens with zero attached hydrogens (tertiary/aromatic N) is 2. The van der Waals surface area contributed by atoms with Crippen LogP contribution in [0, 0.1) is 0 Å². The fraction of sp³-hybridized carbons (Fsp3) is 0.130. The molecule has 168 valence electrons. The molecule has 0 saturated carbocycles. The van der Waals surface area contributed by atoms with Crippen LogP contribution in [0.2, 0.25) is 0 Å². The second kappa shape index (κ2) is 8.38. The van der Waals surface area contributed by atoms with Gasteiger partial charge in [-0.25, -0.2) is 13.4 Å². The number of aromatic nitrogens is 1. The van der Waals surface area contributed by atoms with Gasteiger partial charge in [0.1, 0.15) is 13.2 Å². The van der Waals surface area contributed by atoms with Crippen molar-refractivity contribution in [2.75, 3.05) is 29.9 Å². The number of amides is 1. The van der Waals surface area contributed by atoms with E-state index in [2.05, 4.69) is 10.3 Å². The summed E-state index contributed by atoms with van der Waals surface area (Å²) in [6, 6.07) is 18.2. The molecule has 10 heteroatoms. The summed E-state index contributed by atoms with van der Waals surface area (Å²) < 4.78 is 39.0. The van der Waals surface area contributed by atoms with Gasteiger partial charge in [-0.15, -0.1) is 0 Å². The van der Waals surface area contributed by atoms with Crippen molar-refractivity contribution in [2.24, 2.45) is 0 Å². The van der Waals surface area contributed by atoms with Crippen LogP contribution >= 0.6 is 11.3 Å². The van der Waals surface area contributed by atoms with Gasteiger partial charge in [0.05, 0.1) is 20.8 Å². The van der Waals surface area contributed by atoms with E-state index in [0.29, 0.717) is 46.6 Å². The highest BCUT2D eigenvalue weighted by atomic mass is 32.2. The Hall–Kier alpha value is -3.63. The quantitative estimate of drug-likeness (QED) is 0.460. The lowest BCUT2D eigenvalue weighted by molar-refractivity contribution is 0.102. The first-order valence-electron chi connectivity index (χ1n) is 10.1. The van der Waals surface area contributed by atoms with Gasteiger partial charge in [0.2, 0.25) is 0 Å². The number of sulfonamides is 1. The van der Waals surface area contributed by atoms with E-state index >= 15 is 0 Å². The van der Waals surface area contributed by atoms with E-state index in [1.165, 1.54) is 47.0 Å². The van der Waals surface area contributed by atoms with Crippen molar-refractivity contribution in [1.29, 1.82) is 0 Å². The first-order valence-corrected chi connectivity index (χ1v) is 12.3. The maximum atomic E-state index is 12.9. The molecule has 0 atom stereocenters. The summed E-state index contributed by atoms with van der Waals surface area (Å²) in [4.78, 5) is 17.3. The molecule has 4 aromatic rings. The van der Waals surface area contributed by atoms with Gasteiger partial charge in [0.15, 0.2) is 16.6 Å². The molecule has 2 heterocycles. The van der Waals surface area contributed by atoms with Gasteiger partial charge in [-0.3, -0.25) is 14.4 Å². The number of nitrogens with one attached hydrogen (secondary N) is 1. The predicted octanol–water partition coefficient (Wildman–Crippen LogP) is 4.14. The Labute approximate surface area is 194 Å². The Bertz CT molecular complexity index is 1390. The minimum Gasteiger partial charge on any atom is -0.486 e. The molecule has 0 aliphatic carbocycles. The zero-order valence-corrected chi connectivity index (χ0v) is 19.2. The summed E-state index contributed by atoms with van der Waals surface area (Å²) in [6.07, 6.45) is 0. The van der Waals surface area contributed by atoms with Crippen LogP contribution < -0.4 is 19.1 Å². The Morgan fingerprint density at radius 1 is 1.00 bits per heavy atom. The van der Waals surface area contributed by atoms with E-state index in [4.69, 9.17) is 9.47 Å². The zero-order valence-electron chi connectivity index (χ0n) is 17.5. The molecule has 1 N–H and O–H groups in total. The van der Waals surface area contributed by atoms with Crippen molar-refractivity contribution in [1.82, 2.24) is 4.98 Å². The number of hydrogen-bond acceptors (Lipinski definition) is 7.